The van der Waals surface area contributed by atoms with E-state index in [1.807, 2.05) is 0 Å². The zero-order valence-corrected chi connectivity index (χ0v) is 12.1. The lowest BCUT2D eigenvalue weighted by atomic mass is 9.94. The Kier molecular flexibility index (Phi) is 5.97. The first-order valence-electron chi connectivity index (χ1n) is 8.14. The quantitative estimate of drug-likeness (QED) is 0.672. The van der Waals surface area contributed by atoms with E-state index in [4.69, 9.17) is 0 Å². The lowest BCUT2D eigenvalue weighted by Crippen LogP contribution is -2.20. The molecule has 0 aliphatic heterocycles. The maximum Gasteiger partial charge on any atom is -0.0118 e. The highest BCUT2D eigenvalue weighted by atomic mass is 16.5. The topological polar surface area (TPSA) is 26.3 Å². The zero-order valence-electron chi connectivity index (χ0n) is 12.1. The summed E-state index contributed by atoms with van der Waals surface area (Å²) in [5.74, 6) is 2.79. The van der Waals surface area contributed by atoms with Crippen LogP contribution in [0.3, 0.4) is 0 Å². The molecule has 0 saturated heterocycles. The standard InChI is InChI=1S/C16H30NO/c1-17(18)13-14-8-5-3-2-4-6-10-15-12-16(15)11-7-9-14/h14-16H,2-13H2,1H3/q-1. The Hall–Kier alpha value is -0.0800. The molecule has 3 atom stereocenters. The van der Waals surface area contributed by atoms with Gasteiger partial charge in [-0.25, -0.2) is 0 Å². The molecule has 2 aliphatic carbocycles. The van der Waals surface area contributed by atoms with E-state index in [9.17, 15) is 5.21 Å². The van der Waals surface area contributed by atoms with Crippen LogP contribution in [0.5, 0.6) is 0 Å². The van der Waals surface area contributed by atoms with Crippen LogP contribution in [0.2, 0.25) is 0 Å². The zero-order chi connectivity index (χ0) is 12.8. The molecule has 0 N–H and O–H groups in total. The molecule has 0 radical (unpaired) electrons. The number of hydrogen-bond acceptors (Lipinski definition) is 2. The summed E-state index contributed by atoms with van der Waals surface area (Å²) < 4.78 is 0. The molecule has 0 aromatic heterocycles. The Bertz CT molecular complexity index is 229. The molecule has 2 nitrogen and oxygen atoms in total. The van der Waals surface area contributed by atoms with Crippen LogP contribution in [0.25, 0.3) is 0 Å². The highest BCUT2D eigenvalue weighted by Crippen LogP contribution is 2.46. The molecule has 0 aromatic carbocycles. The van der Waals surface area contributed by atoms with Gasteiger partial charge < -0.3 is 10.3 Å². The minimum atomic E-state index is 0.658. The monoisotopic (exact) mass is 252 g/mol. The molecule has 0 heterocycles. The average molecular weight is 252 g/mol. The molecule has 0 amide bonds. The molecule has 2 heteroatoms. The molecule has 3 unspecified atom stereocenters. The van der Waals surface area contributed by atoms with E-state index in [1.165, 1.54) is 70.6 Å². The van der Waals surface area contributed by atoms with Crippen LogP contribution < -0.4 is 0 Å². The molecule has 0 bridgehead atoms. The maximum atomic E-state index is 11.2. The fourth-order valence-electron chi connectivity index (χ4n) is 3.75. The van der Waals surface area contributed by atoms with Gasteiger partial charge in [-0.2, -0.15) is 0 Å². The van der Waals surface area contributed by atoms with Crippen LogP contribution in [0.1, 0.15) is 70.6 Å². The van der Waals surface area contributed by atoms with E-state index in [-0.39, 0.29) is 0 Å². The number of hydroxylamine groups is 2. The van der Waals surface area contributed by atoms with Crippen molar-refractivity contribution in [3.63, 3.8) is 0 Å². The van der Waals surface area contributed by atoms with E-state index in [0.717, 1.165) is 23.4 Å². The van der Waals surface area contributed by atoms with Crippen molar-refractivity contribution in [3.8, 4) is 0 Å². The van der Waals surface area contributed by atoms with E-state index in [1.54, 1.807) is 7.05 Å². The third-order valence-electron chi connectivity index (χ3n) is 4.96. The first kappa shape index (κ1) is 14.3. The largest absolute Gasteiger partial charge is 0.785 e. The van der Waals surface area contributed by atoms with Gasteiger partial charge in [-0.3, -0.25) is 0 Å². The van der Waals surface area contributed by atoms with Crippen LogP contribution in [0.4, 0.5) is 0 Å². The average Bonchev–Trinajstić information content (AvgIpc) is 3.04. The van der Waals surface area contributed by atoms with Crippen molar-refractivity contribution in [2.75, 3.05) is 13.6 Å². The summed E-state index contributed by atoms with van der Waals surface area (Å²) in [6.07, 6.45) is 15.4. The molecule has 0 spiro atoms. The van der Waals surface area contributed by atoms with Crippen LogP contribution in [-0.4, -0.2) is 18.7 Å². The van der Waals surface area contributed by atoms with Gasteiger partial charge in [0.2, 0.25) is 0 Å². The Balaban J connectivity index is 1.74. The molecule has 106 valence electrons. The fourth-order valence-corrected chi connectivity index (χ4v) is 3.75. The molecular formula is C16H30NO-. The van der Waals surface area contributed by atoms with Crippen molar-refractivity contribution >= 4 is 0 Å². The summed E-state index contributed by atoms with van der Waals surface area (Å²) in [4.78, 5) is 0. The van der Waals surface area contributed by atoms with Crippen LogP contribution in [0.15, 0.2) is 0 Å². The van der Waals surface area contributed by atoms with Crippen LogP contribution in [-0.2, 0) is 0 Å². The van der Waals surface area contributed by atoms with Crippen molar-refractivity contribution in [2.45, 2.75) is 70.6 Å². The Labute approximate surface area is 113 Å². The molecule has 2 aliphatic rings. The molecule has 18 heavy (non-hydrogen) atoms. The number of rotatable bonds is 2. The van der Waals surface area contributed by atoms with Crippen LogP contribution in [0, 0.1) is 23.0 Å². The normalized spacial score (nSPS) is 35.2. The summed E-state index contributed by atoms with van der Waals surface area (Å²) in [6, 6.07) is 0. The second-order valence-electron chi connectivity index (χ2n) is 6.71. The predicted octanol–water partition coefficient (Wildman–Crippen LogP) is 4.58. The van der Waals surface area contributed by atoms with Gasteiger partial charge in [0.15, 0.2) is 0 Å². The van der Waals surface area contributed by atoms with Crippen molar-refractivity contribution in [3.05, 3.63) is 5.21 Å². The summed E-state index contributed by atoms with van der Waals surface area (Å²) in [5.41, 5.74) is 0. The summed E-state index contributed by atoms with van der Waals surface area (Å²) in [5, 5.41) is 12.4. The Morgan fingerprint density at radius 2 is 1.39 bits per heavy atom. The lowest BCUT2D eigenvalue weighted by molar-refractivity contribution is 0.307. The van der Waals surface area contributed by atoms with Crippen LogP contribution >= 0.6 is 0 Å². The van der Waals surface area contributed by atoms with Crippen molar-refractivity contribution in [1.29, 1.82) is 0 Å². The minimum absolute atomic E-state index is 0.658. The molecule has 2 rings (SSSR count). The fraction of sp³-hybridized carbons (Fsp3) is 1.00. The molecule has 0 aromatic rings. The van der Waals surface area contributed by atoms with Gasteiger partial charge in [0, 0.05) is 0 Å². The van der Waals surface area contributed by atoms with Gasteiger partial charge in [0.25, 0.3) is 0 Å². The second-order valence-corrected chi connectivity index (χ2v) is 6.71. The van der Waals surface area contributed by atoms with E-state index in [0.29, 0.717) is 5.92 Å². The van der Waals surface area contributed by atoms with Crippen molar-refractivity contribution in [2.24, 2.45) is 17.8 Å². The van der Waals surface area contributed by atoms with E-state index in [2.05, 4.69) is 0 Å². The van der Waals surface area contributed by atoms with E-state index < -0.39 is 0 Å². The minimum Gasteiger partial charge on any atom is -0.785 e. The molecule has 2 fully saturated rings. The number of nitrogens with zero attached hydrogens (tertiary/aromatic N) is 1. The first-order valence-corrected chi connectivity index (χ1v) is 8.14. The third kappa shape index (κ3) is 5.27. The van der Waals surface area contributed by atoms with Gasteiger partial charge >= 0.3 is 0 Å². The van der Waals surface area contributed by atoms with Gasteiger partial charge in [-0.1, -0.05) is 51.4 Å². The smallest absolute Gasteiger partial charge is 0.0118 e. The number of hydrogen-bond donors (Lipinski definition) is 0. The molecule has 2 saturated carbocycles. The predicted molar refractivity (Wildman–Crippen MR) is 77.3 cm³/mol. The number of fused-ring (bicyclic) bond motifs is 1. The lowest BCUT2D eigenvalue weighted by Gasteiger charge is -2.28. The molecular weight excluding hydrogens is 222 g/mol. The summed E-state index contributed by atoms with van der Waals surface area (Å²) in [7, 11) is 1.68. The third-order valence-corrected chi connectivity index (χ3v) is 4.96. The first-order chi connectivity index (χ1) is 8.75. The SMILES string of the molecule is CN([O-])CC1CCCCCCCC2CC2CCC1. The van der Waals surface area contributed by atoms with E-state index >= 15 is 0 Å². The van der Waals surface area contributed by atoms with Gasteiger partial charge in [-0.15, -0.1) is 0 Å². The van der Waals surface area contributed by atoms with Gasteiger partial charge in [-0.05, 0) is 50.6 Å². The second kappa shape index (κ2) is 7.49. The summed E-state index contributed by atoms with van der Waals surface area (Å²) >= 11 is 0. The Morgan fingerprint density at radius 3 is 2.11 bits per heavy atom. The van der Waals surface area contributed by atoms with Crippen molar-refractivity contribution in [1.82, 2.24) is 5.06 Å². The Morgan fingerprint density at radius 1 is 0.833 bits per heavy atom. The highest BCUT2D eigenvalue weighted by molar-refractivity contribution is 4.86. The van der Waals surface area contributed by atoms with Crippen molar-refractivity contribution < 1.29 is 0 Å². The van der Waals surface area contributed by atoms with Gasteiger partial charge in [0.05, 0.1) is 0 Å². The summed E-state index contributed by atoms with van der Waals surface area (Å²) in [6.45, 7) is 0.758. The highest BCUT2D eigenvalue weighted by Gasteiger charge is 2.35. The maximum absolute atomic E-state index is 11.2. The van der Waals surface area contributed by atoms with Gasteiger partial charge in [0.1, 0.15) is 0 Å².